The molecular weight excluding hydrogens is 379 g/mol. The molecule has 0 bridgehead atoms. The summed E-state index contributed by atoms with van der Waals surface area (Å²) in [7, 11) is -1.18. The standard InChI is InChI=1S/C17H18Cl2N4OS/c1-10-9-21-17(20)15-16(10)23(11(2)22-15)6-3-7-25(24)14-5-4-12(18)8-13(14)19/h4-5,8-9H,3,6-7H2,1-2H3,(H2,20,21). The first-order valence-corrected chi connectivity index (χ1v) is 9.87. The van der Waals surface area contributed by atoms with Gasteiger partial charge in [-0.25, -0.2) is 9.97 Å². The van der Waals surface area contributed by atoms with Crippen LogP contribution < -0.4 is 5.73 Å². The Morgan fingerprint density at radius 3 is 2.76 bits per heavy atom. The summed E-state index contributed by atoms with van der Waals surface area (Å²) in [6, 6.07) is 5.03. The van der Waals surface area contributed by atoms with Gasteiger partial charge in [0.15, 0.2) is 5.82 Å². The van der Waals surface area contributed by atoms with Gasteiger partial charge in [-0.3, -0.25) is 4.21 Å². The normalized spacial score (nSPS) is 12.6. The van der Waals surface area contributed by atoms with Crippen molar-refractivity contribution in [3.05, 3.63) is 45.8 Å². The summed E-state index contributed by atoms with van der Waals surface area (Å²) in [4.78, 5) is 9.28. The van der Waals surface area contributed by atoms with Crippen LogP contribution in [-0.4, -0.2) is 24.5 Å². The monoisotopic (exact) mass is 396 g/mol. The number of nitrogens with two attached hydrogens (primary N) is 1. The zero-order chi connectivity index (χ0) is 18.1. The third-order valence-corrected chi connectivity index (χ3v) is 6.19. The van der Waals surface area contributed by atoms with Gasteiger partial charge in [-0.1, -0.05) is 23.2 Å². The van der Waals surface area contributed by atoms with E-state index in [1.54, 1.807) is 24.4 Å². The molecule has 0 spiro atoms. The van der Waals surface area contributed by atoms with E-state index >= 15 is 0 Å². The molecule has 2 aromatic heterocycles. The van der Waals surface area contributed by atoms with Gasteiger partial charge in [0, 0.05) is 23.5 Å². The number of nitrogens with zero attached hydrogens (tertiary/aromatic N) is 3. The van der Waals surface area contributed by atoms with Crippen molar-refractivity contribution >= 4 is 50.9 Å². The van der Waals surface area contributed by atoms with E-state index in [0.717, 1.165) is 28.8 Å². The van der Waals surface area contributed by atoms with Crippen molar-refractivity contribution in [1.29, 1.82) is 0 Å². The average Bonchev–Trinajstić information content (AvgIpc) is 2.89. The molecule has 0 saturated heterocycles. The zero-order valence-electron chi connectivity index (χ0n) is 13.9. The molecule has 2 heterocycles. The van der Waals surface area contributed by atoms with Gasteiger partial charge in [0.1, 0.15) is 11.3 Å². The first kappa shape index (κ1) is 18.2. The molecular formula is C17H18Cl2N4OS. The van der Waals surface area contributed by atoms with Crippen molar-refractivity contribution in [1.82, 2.24) is 14.5 Å². The summed E-state index contributed by atoms with van der Waals surface area (Å²) in [5.74, 6) is 1.80. The highest BCUT2D eigenvalue weighted by atomic mass is 35.5. The molecule has 2 N–H and O–H groups in total. The SMILES string of the molecule is Cc1cnc(N)c2nc(C)n(CCCS(=O)c3ccc(Cl)cc3Cl)c12. The minimum absolute atomic E-state index is 0.430. The number of anilines is 1. The third-order valence-electron chi connectivity index (χ3n) is 4.02. The van der Waals surface area contributed by atoms with Crippen LogP contribution in [0, 0.1) is 13.8 Å². The Morgan fingerprint density at radius 1 is 1.28 bits per heavy atom. The van der Waals surface area contributed by atoms with Crippen LogP contribution in [0.25, 0.3) is 11.0 Å². The Morgan fingerprint density at radius 2 is 2.04 bits per heavy atom. The smallest absolute Gasteiger partial charge is 0.151 e. The largest absolute Gasteiger partial charge is 0.382 e. The number of aryl methyl sites for hydroxylation is 3. The van der Waals surface area contributed by atoms with E-state index in [1.165, 1.54) is 0 Å². The number of nitrogen functional groups attached to an aromatic ring is 1. The molecule has 132 valence electrons. The van der Waals surface area contributed by atoms with Crippen LogP contribution in [-0.2, 0) is 17.3 Å². The summed E-state index contributed by atoms with van der Waals surface area (Å²) < 4.78 is 14.6. The Hall–Kier alpha value is -1.63. The van der Waals surface area contributed by atoms with Crippen molar-refractivity contribution in [2.24, 2.45) is 0 Å². The van der Waals surface area contributed by atoms with Gasteiger partial charge in [0.2, 0.25) is 0 Å². The van der Waals surface area contributed by atoms with Gasteiger partial charge in [-0.2, -0.15) is 0 Å². The number of fused-ring (bicyclic) bond motifs is 1. The lowest BCUT2D eigenvalue weighted by Crippen LogP contribution is -2.07. The molecule has 0 aliphatic rings. The minimum Gasteiger partial charge on any atom is -0.382 e. The molecule has 5 nitrogen and oxygen atoms in total. The molecule has 0 amide bonds. The number of pyridine rings is 1. The molecule has 1 aromatic carbocycles. The molecule has 0 fully saturated rings. The Labute approximate surface area is 158 Å². The second-order valence-electron chi connectivity index (χ2n) is 5.81. The lowest BCUT2D eigenvalue weighted by atomic mass is 10.2. The molecule has 1 unspecified atom stereocenters. The zero-order valence-corrected chi connectivity index (χ0v) is 16.3. The van der Waals surface area contributed by atoms with Crippen molar-refractivity contribution in [3.8, 4) is 0 Å². The number of rotatable bonds is 5. The number of benzene rings is 1. The van der Waals surface area contributed by atoms with Crippen LogP contribution in [0.5, 0.6) is 0 Å². The summed E-state index contributed by atoms with van der Waals surface area (Å²) >= 11 is 12.0. The van der Waals surface area contributed by atoms with Crippen LogP contribution >= 0.6 is 23.2 Å². The minimum atomic E-state index is -1.18. The van der Waals surface area contributed by atoms with Gasteiger partial charge in [-0.05, 0) is 44.0 Å². The summed E-state index contributed by atoms with van der Waals surface area (Å²) in [6.07, 6.45) is 2.47. The molecule has 1 atom stereocenters. The summed E-state index contributed by atoms with van der Waals surface area (Å²) in [5.41, 5.74) is 8.66. The van der Waals surface area contributed by atoms with Crippen LogP contribution in [0.4, 0.5) is 5.82 Å². The highest BCUT2D eigenvalue weighted by Gasteiger charge is 2.14. The second-order valence-corrected chi connectivity index (χ2v) is 8.20. The van der Waals surface area contributed by atoms with Gasteiger partial charge >= 0.3 is 0 Å². The first-order chi connectivity index (χ1) is 11.9. The molecule has 0 saturated carbocycles. The van der Waals surface area contributed by atoms with Crippen LogP contribution in [0.3, 0.4) is 0 Å². The van der Waals surface area contributed by atoms with Gasteiger partial charge in [0.05, 0.1) is 26.2 Å². The predicted octanol–water partition coefficient (Wildman–Crippen LogP) is 4.14. The molecule has 0 aliphatic carbocycles. The van der Waals surface area contributed by atoms with E-state index in [-0.39, 0.29) is 0 Å². The van der Waals surface area contributed by atoms with Crippen LogP contribution in [0.2, 0.25) is 10.0 Å². The van der Waals surface area contributed by atoms with E-state index in [4.69, 9.17) is 28.9 Å². The fourth-order valence-corrected chi connectivity index (χ4v) is 4.60. The van der Waals surface area contributed by atoms with Crippen LogP contribution in [0.1, 0.15) is 17.8 Å². The quantitative estimate of drug-likeness (QED) is 0.703. The van der Waals surface area contributed by atoms with Crippen molar-refractivity contribution in [3.63, 3.8) is 0 Å². The highest BCUT2D eigenvalue weighted by molar-refractivity contribution is 7.85. The van der Waals surface area contributed by atoms with E-state index in [9.17, 15) is 4.21 Å². The molecule has 25 heavy (non-hydrogen) atoms. The molecule has 3 aromatic rings. The van der Waals surface area contributed by atoms with E-state index in [1.807, 2.05) is 13.8 Å². The lowest BCUT2D eigenvalue weighted by Gasteiger charge is -2.09. The first-order valence-electron chi connectivity index (χ1n) is 7.80. The number of aromatic nitrogens is 3. The maximum Gasteiger partial charge on any atom is 0.151 e. The number of halogens is 2. The van der Waals surface area contributed by atoms with Gasteiger partial charge < -0.3 is 10.3 Å². The van der Waals surface area contributed by atoms with Crippen LogP contribution in [0.15, 0.2) is 29.3 Å². The maximum atomic E-state index is 12.5. The molecule has 3 rings (SSSR count). The van der Waals surface area contributed by atoms with E-state index in [0.29, 0.717) is 33.1 Å². The average molecular weight is 397 g/mol. The summed E-state index contributed by atoms with van der Waals surface area (Å²) in [5, 5.41) is 0.970. The lowest BCUT2D eigenvalue weighted by molar-refractivity contribution is 0.656. The predicted molar refractivity (Wildman–Crippen MR) is 104 cm³/mol. The summed E-state index contributed by atoms with van der Waals surface area (Å²) in [6.45, 7) is 4.62. The van der Waals surface area contributed by atoms with Crippen molar-refractivity contribution < 1.29 is 4.21 Å². The molecule has 0 aliphatic heterocycles. The Bertz CT molecular complexity index is 971. The topological polar surface area (TPSA) is 73.8 Å². The van der Waals surface area contributed by atoms with Gasteiger partial charge in [0.25, 0.3) is 0 Å². The number of hydrogen-bond acceptors (Lipinski definition) is 4. The van der Waals surface area contributed by atoms with Crippen molar-refractivity contribution in [2.75, 3.05) is 11.5 Å². The Kier molecular flexibility index (Phi) is 5.32. The molecule has 8 heteroatoms. The Balaban J connectivity index is 1.76. The van der Waals surface area contributed by atoms with Gasteiger partial charge in [-0.15, -0.1) is 0 Å². The highest BCUT2D eigenvalue weighted by Crippen LogP contribution is 2.26. The van der Waals surface area contributed by atoms with E-state index in [2.05, 4.69) is 14.5 Å². The number of imidazole rings is 1. The molecule has 0 radical (unpaired) electrons. The number of hydrogen-bond donors (Lipinski definition) is 1. The fourth-order valence-electron chi connectivity index (χ4n) is 2.83. The fraction of sp³-hybridized carbons (Fsp3) is 0.294. The second kappa shape index (κ2) is 7.32. The third kappa shape index (κ3) is 3.66. The maximum absolute atomic E-state index is 12.5. The van der Waals surface area contributed by atoms with Crippen molar-refractivity contribution in [2.45, 2.75) is 31.7 Å². The van der Waals surface area contributed by atoms with E-state index < -0.39 is 10.8 Å².